The highest BCUT2D eigenvalue weighted by Gasteiger charge is 2.27. The highest BCUT2D eigenvalue weighted by atomic mass is 16.6. The molecule has 1 aliphatic heterocycles. The predicted octanol–water partition coefficient (Wildman–Crippen LogP) is 3.31. The molecule has 1 aliphatic rings. The molecule has 1 N–H and O–H groups in total. The number of amides is 1. The lowest BCUT2D eigenvalue weighted by atomic mass is 10.2. The van der Waals surface area contributed by atoms with E-state index in [-0.39, 0.29) is 12.5 Å². The number of carbonyl (C=O) groups excluding carboxylic acids is 1. The maximum atomic E-state index is 12.4. The van der Waals surface area contributed by atoms with Crippen molar-refractivity contribution in [1.82, 2.24) is 0 Å². The van der Waals surface area contributed by atoms with Gasteiger partial charge in [-0.15, -0.1) is 0 Å². The van der Waals surface area contributed by atoms with Crippen LogP contribution in [0, 0.1) is 0 Å². The maximum absolute atomic E-state index is 12.4. The lowest BCUT2D eigenvalue weighted by Gasteiger charge is -2.25. The van der Waals surface area contributed by atoms with Crippen molar-refractivity contribution >= 4 is 17.3 Å². The zero-order chi connectivity index (χ0) is 16.9. The second kappa shape index (κ2) is 7.25. The number of carbonyl (C=O) groups is 1. The van der Waals surface area contributed by atoms with Crippen molar-refractivity contribution in [2.45, 2.75) is 20.0 Å². The summed E-state index contributed by atoms with van der Waals surface area (Å²) in [5, 5.41) is 2.88. The zero-order valence-electron chi connectivity index (χ0n) is 14.0. The first-order chi connectivity index (χ1) is 11.7. The standard InChI is InChI=1S/C19H22N2O3/c1-3-21(4-2)15-11-9-14(10-12-15)20-19(22)18-13-23-16-7-5-6-8-17(16)24-18/h5-12,18H,3-4,13H2,1-2H3,(H,20,22)/t18-/m1/s1. The van der Waals surface area contributed by atoms with Crippen molar-refractivity contribution < 1.29 is 14.3 Å². The average Bonchev–Trinajstić information content (AvgIpc) is 2.63. The molecule has 126 valence electrons. The number of nitrogens with zero attached hydrogens (tertiary/aromatic N) is 1. The quantitative estimate of drug-likeness (QED) is 0.916. The summed E-state index contributed by atoms with van der Waals surface area (Å²) in [7, 11) is 0. The van der Waals surface area contributed by atoms with Gasteiger partial charge in [-0.05, 0) is 50.2 Å². The average molecular weight is 326 g/mol. The van der Waals surface area contributed by atoms with E-state index in [1.807, 2.05) is 42.5 Å². The molecule has 5 nitrogen and oxygen atoms in total. The van der Waals surface area contributed by atoms with E-state index in [1.54, 1.807) is 6.07 Å². The van der Waals surface area contributed by atoms with Crippen LogP contribution in [-0.4, -0.2) is 31.7 Å². The van der Waals surface area contributed by atoms with Gasteiger partial charge in [0.05, 0.1) is 0 Å². The minimum absolute atomic E-state index is 0.208. The lowest BCUT2D eigenvalue weighted by Crippen LogP contribution is -2.40. The van der Waals surface area contributed by atoms with Crippen LogP contribution in [0.3, 0.4) is 0 Å². The van der Waals surface area contributed by atoms with Crippen molar-refractivity contribution in [3.63, 3.8) is 0 Å². The van der Waals surface area contributed by atoms with Crippen LogP contribution >= 0.6 is 0 Å². The van der Waals surface area contributed by atoms with Gasteiger partial charge in [-0.1, -0.05) is 12.1 Å². The van der Waals surface area contributed by atoms with Gasteiger partial charge in [0.2, 0.25) is 6.10 Å². The normalized spacial score (nSPS) is 15.7. The Labute approximate surface area is 142 Å². The van der Waals surface area contributed by atoms with Crippen molar-refractivity contribution in [2.24, 2.45) is 0 Å². The van der Waals surface area contributed by atoms with Crippen LogP contribution in [0.15, 0.2) is 48.5 Å². The molecule has 24 heavy (non-hydrogen) atoms. The fourth-order valence-electron chi connectivity index (χ4n) is 2.72. The summed E-state index contributed by atoms with van der Waals surface area (Å²) in [6.07, 6.45) is -0.651. The second-order valence-electron chi connectivity index (χ2n) is 5.57. The first-order valence-electron chi connectivity index (χ1n) is 8.25. The Bertz CT molecular complexity index is 696. The summed E-state index contributed by atoms with van der Waals surface area (Å²) >= 11 is 0. The Hall–Kier alpha value is -2.69. The number of ether oxygens (including phenoxy) is 2. The highest BCUT2D eigenvalue weighted by molar-refractivity contribution is 5.94. The first-order valence-corrected chi connectivity index (χ1v) is 8.25. The Kier molecular flexibility index (Phi) is 4.89. The molecule has 1 atom stereocenters. The predicted molar refractivity (Wildman–Crippen MR) is 95.0 cm³/mol. The second-order valence-corrected chi connectivity index (χ2v) is 5.57. The number of para-hydroxylation sites is 2. The van der Waals surface area contributed by atoms with Crippen LogP contribution < -0.4 is 19.7 Å². The first kappa shape index (κ1) is 16.2. The van der Waals surface area contributed by atoms with E-state index < -0.39 is 6.10 Å². The summed E-state index contributed by atoms with van der Waals surface area (Å²) in [6, 6.07) is 15.2. The Morgan fingerprint density at radius 2 is 1.75 bits per heavy atom. The van der Waals surface area contributed by atoms with Crippen LogP contribution in [0.5, 0.6) is 11.5 Å². The third kappa shape index (κ3) is 3.45. The fraction of sp³-hybridized carbons (Fsp3) is 0.316. The molecule has 0 spiro atoms. The highest BCUT2D eigenvalue weighted by Crippen LogP contribution is 2.31. The van der Waals surface area contributed by atoms with Gasteiger partial charge in [-0.3, -0.25) is 4.79 Å². The molecule has 0 fully saturated rings. The smallest absolute Gasteiger partial charge is 0.269 e. The van der Waals surface area contributed by atoms with Gasteiger partial charge >= 0.3 is 0 Å². The molecule has 0 saturated heterocycles. The largest absolute Gasteiger partial charge is 0.485 e. The monoisotopic (exact) mass is 326 g/mol. The Balaban J connectivity index is 1.63. The Morgan fingerprint density at radius 3 is 2.42 bits per heavy atom. The van der Waals surface area contributed by atoms with Gasteiger partial charge in [0.1, 0.15) is 6.61 Å². The zero-order valence-corrected chi connectivity index (χ0v) is 14.0. The molecule has 0 unspecified atom stereocenters. The molecule has 3 rings (SSSR count). The number of rotatable bonds is 5. The minimum atomic E-state index is -0.651. The lowest BCUT2D eigenvalue weighted by molar-refractivity contribution is -0.125. The molecule has 1 heterocycles. The number of hydrogen-bond acceptors (Lipinski definition) is 4. The van der Waals surface area contributed by atoms with Crippen LogP contribution in [-0.2, 0) is 4.79 Å². The number of benzene rings is 2. The summed E-state index contributed by atoms with van der Waals surface area (Å²) in [5.74, 6) is 1.06. The molecule has 2 aromatic carbocycles. The van der Waals surface area contributed by atoms with Gasteiger partial charge in [0, 0.05) is 24.5 Å². The van der Waals surface area contributed by atoms with Gasteiger partial charge in [0.15, 0.2) is 11.5 Å². The fourth-order valence-corrected chi connectivity index (χ4v) is 2.72. The molecule has 0 aromatic heterocycles. The number of anilines is 2. The summed E-state index contributed by atoms with van der Waals surface area (Å²) in [4.78, 5) is 14.6. The number of fused-ring (bicyclic) bond motifs is 1. The van der Waals surface area contributed by atoms with E-state index in [9.17, 15) is 4.79 Å². The molecule has 5 heteroatoms. The van der Waals surface area contributed by atoms with Crippen LogP contribution in [0.4, 0.5) is 11.4 Å². The van der Waals surface area contributed by atoms with Gasteiger partial charge in [-0.2, -0.15) is 0 Å². The topological polar surface area (TPSA) is 50.8 Å². The Morgan fingerprint density at radius 1 is 1.08 bits per heavy atom. The molecule has 1 amide bonds. The molecule has 0 bridgehead atoms. The van der Waals surface area contributed by atoms with E-state index in [1.165, 1.54) is 0 Å². The summed E-state index contributed by atoms with van der Waals surface area (Å²) < 4.78 is 11.3. The van der Waals surface area contributed by atoms with Gasteiger partial charge in [-0.25, -0.2) is 0 Å². The molecule has 0 radical (unpaired) electrons. The van der Waals surface area contributed by atoms with E-state index in [0.29, 0.717) is 11.5 Å². The van der Waals surface area contributed by atoms with E-state index >= 15 is 0 Å². The minimum Gasteiger partial charge on any atom is -0.485 e. The number of hydrogen-bond donors (Lipinski definition) is 1. The van der Waals surface area contributed by atoms with Crippen molar-refractivity contribution in [3.8, 4) is 11.5 Å². The van der Waals surface area contributed by atoms with Crippen molar-refractivity contribution in [2.75, 3.05) is 29.9 Å². The van der Waals surface area contributed by atoms with Crippen molar-refractivity contribution in [3.05, 3.63) is 48.5 Å². The molecule has 0 aliphatic carbocycles. The third-order valence-corrected chi connectivity index (χ3v) is 4.06. The van der Waals surface area contributed by atoms with E-state index in [2.05, 4.69) is 24.1 Å². The van der Waals surface area contributed by atoms with E-state index in [4.69, 9.17) is 9.47 Å². The van der Waals surface area contributed by atoms with Crippen molar-refractivity contribution in [1.29, 1.82) is 0 Å². The maximum Gasteiger partial charge on any atom is 0.269 e. The molecule has 2 aromatic rings. The van der Waals surface area contributed by atoms with Gasteiger partial charge in [0.25, 0.3) is 5.91 Å². The third-order valence-electron chi connectivity index (χ3n) is 4.06. The van der Waals surface area contributed by atoms with Gasteiger partial charge < -0.3 is 19.7 Å². The molecular weight excluding hydrogens is 304 g/mol. The van der Waals surface area contributed by atoms with E-state index in [0.717, 1.165) is 24.5 Å². The SMILES string of the molecule is CCN(CC)c1ccc(NC(=O)[C@H]2COc3ccccc3O2)cc1. The summed E-state index contributed by atoms with van der Waals surface area (Å²) in [5.41, 5.74) is 1.89. The molecule has 0 saturated carbocycles. The van der Waals surface area contributed by atoms with Crippen LogP contribution in [0.1, 0.15) is 13.8 Å². The van der Waals surface area contributed by atoms with Crippen LogP contribution in [0.2, 0.25) is 0 Å². The van der Waals surface area contributed by atoms with Crippen LogP contribution in [0.25, 0.3) is 0 Å². The summed E-state index contributed by atoms with van der Waals surface area (Å²) in [6.45, 7) is 6.36. The number of nitrogens with one attached hydrogen (secondary N) is 1. The molecular formula is C19H22N2O3.